The van der Waals surface area contributed by atoms with E-state index in [2.05, 4.69) is 20.3 Å². The molecule has 0 fully saturated rings. The number of nitrogens with zero attached hydrogens (tertiary/aromatic N) is 5. The molecule has 2 aromatic heterocycles. The lowest BCUT2D eigenvalue weighted by molar-refractivity contribution is -0.384. The summed E-state index contributed by atoms with van der Waals surface area (Å²) >= 11 is 5.71. The van der Waals surface area contributed by atoms with Crippen LogP contribution in [0.3, 0.4) is 0 Å². The molecule has 8 nitrogen and oxygen atoms in total. The first-order valence-corrected chi connectivity index (χ1v) is 9.11. The molecular formula is C18H16ClF3N6O2. The molecule has 3 aromatic rings. The monoisotopic (exact) mass is 440 g/mol. The van der Waals surface area contributed by atoms with Crippen LogP contribution in [-0.4, -0.2) is 24.4 Å². The largest absolute Gasteiger partial charge is 0.434 e. The van der Waals surface area contributed by atoms with E-state index in [1.165, 1.54) is 11.6 Å². The Kier molecular flexibility index (Phi) is 5.92. The number of hydrogen-bond donors (Lipinski definition) is 1. The second-order valence-electron chi connectivity index (χ2n) is 6.39. The zero-order valence-electron chi connectivity index (χ0n) is 15.9. The highest BCUT2D eigenvalue weighted by atomic mass is 35.5. The molecule has 0 amide bonds. The highest BCUT2D eigenvalue weighted by Gasteiger charge is 2.34. The van der Waals surface area contributed by atoms with E-state index < -0.39 is 16.8 Å². The van der Waals surface area contributed by atoms with E-state index >= 15 is 0 Å². The number of nitro groups is 1. The molecule has 0 unspecified atom stereocenters. The lowest BCUT2D eigenvalue weighted by atomic mass is 10.0. The molecule has 158 valence electrons. The summed E-state index contributed by atoms with van der Waals surface area (Å²) in [5.41, 5.74) is 0.840. The van der Waals surface area contributed by atoms with Gasteiger partial charge < -0.3 is 9.88 Å². The number of alkyl halides is 3. The number of halogens is 4. The Morgan fingerprint density at radius 3 is 2.63 bits per heavy atom. The molecule has 0 saturated heterocycles. The summed E-state index contributed by atoms with van der Waals surface area (Å²) in [5.74, 6) is 0.179. The second kappa shape index (κ2) is 8.27. The van der Waals surface area contributed by atoms with Crippen molar-refractivity contribution >= 4 is 23.1 Å². The zero-order valence-corrected chi connectivity index (χ0v) is 16.6. The normalized spacial score (nSPS) is 11.5. The van der Waals surface area contributed by atoms with Crippen molar-refractivity contribution in [2.24, 2.45) is 7.05 Å². The van der Waals surface area contributed by atoms with Crippen LogP contribution >= 0.6 is 11.6 Å². The number of rotatable bonds is 6. The SMILES string of the molecule is CCc1cc(CNc2nc(Cl)ncc2[N+](=O)[O-])ccc1-c1nc(C(F)(F)F)cn1C. The van der Waals surface area contributed by atoms with Crippen LogP contribution in [0, 0.1) is 10.1 Å². The van der Waals surface area contributed by atoms with E-state index in [1.54, 1.807) is 18.2 Å². The van der Waals surface area contributed by atoms with Crippen molar-refractivity contribution in [2.75, 3.05) is 5.32 Å². The highest BCUT2D eigenvalue weighted by molar-refractivity contribution is 6.28. The summed E-state index contributed by atoms with van der Waals surface area (Å²) in [5, 5.41) is 13.8. The summed E-state index contributed by atoms with van der Waals surface area (Å²) in [6, 6.07) is 5.19. The summed E-state index contributed by atoms with van der Waals surface area (Å²) in [7, 11) is 1.50. The van der Waals surface area contributed by atoms with Crippen molar-refractivity contribution < 1.29 is 18.1 Å². The molecule has 30 heavy (non-hydrogen) atoms. The van der Waals surface area contributed by atoms with Gasteiger partial charge in [0, 0.05) is 25.4 Å². The highest BCUT2D eigenvalue weighted by Crippen LogP contribution is 2.32. The van der Waals surface area contributed by atoms with E-state index in [1.807, 2.05) is 6.92 Å². The Morgan fingerprint density at radius 1 is 1.30 bits per heavy atom. The Bertz CT molecular complexity index is 1100. The maximum Gasteiger partial charge on any atom is 0.434 e. The first kappa shape index (κ1) is 21.5. The van der Waals surface area contributed by atoms with Crippen LogP contribution < -0.4 is 5.32 Å². The molecule has 0 saturated carbocycles. The molecule has 0 atom stereocenters. The molecule has 2 heterocycles. The standard InChI is InChI=1S/C18H16ClF3N6O2/c1-3-11-6-10(7-23-15-13(28(29)30)8-24-17(19)26-15)4-5-12(11)16-25-14(9-27(16)2)18(20,21)22/h4-6,8-9H,3,7H2,1-2H3,(H,23,24,26). The van der Waals surface area contributed by atoms with Gasteiger partial charge in [0.1, 0.15) is 12.0 Å². The Balaban J connectivity index is 1.88. The van der Waals surface area contributed by atoms with Crippen molar-refractivity contribution in [1.29, 1.82) is 0 Å². The van der Waals surface area contributed by atoms with E-state index in [4.69, 9.17) is 11.6 Å². The van der Waals surface area contributed by atoms with Gasteiger partial charge in [-0.1, -0.05) is 25.1 Å². The molecule has 0 bridgehead atoms. The Hall–Kier alpha value is -3.21. The summed E-state index contributed by atoms with van der Waals surface area (Å²) in [4.78, 5) is 21.7. The second-order valence-corrected chi connectivity index (χ2v) is 6.73. The van der Waals surface area contributed by atoms with Gasteiger partial charge in [-0.15, -0.1) is 0 Å². The average molecular weight is 441 g/mol. The predicted octanol–water partition coefficient (Wildman–Crippen LogP) is 4.63. The van der Waals surface area contributed by atoms with Crippen molar-refractivity contribution in [3.63, 3.8) is 0 Å². The maximum absolute atomic E-state index is 13.0. The third-order valence-corrected chi connectivity index (χ3v) is 4.54. The first-order chi connectivity index (χ1) is 14.1. The Labute approximate surface area is 173 Å². The first-order valence-electron chi connectivity index (χ1n) is 8.73. The Morgan fingerprint density at radius 2 is 2.03 bits per heavy atom. The summed E-state index contributed by atoms with van der Waals surface area (Å²) < 4.78 is 40.2. The topological polar surface area (TPSA) is 98.8 Å². The number of anilines is 1. The lowest BCUT2D eigenvalue weighted by Gasteiger charge is -2.12. The quantitative estimate of drug-likeness (QED) is 0.341. The molecule has 12 heteroatoms. The lowest BCUT2D eigenvalue weighted by Crippen LogP contribution is -2.06. The van der Waals surface area contributed by atoms with Crippen molar-refractivity contribution in [2.45, 2.75) is 26.1 Å². The van der Waals surface area contributed by atoms with Gasteiger partial charge in [0.15, 0.2) is 5.69 Å². The van der Waals surface area contributed by atoms with E-state index in [-0.39, 0.29) is 29.2 Å². The number of hydrogen-bond acceptors (Lipinski definition) is 6. The smallest absolute Gasteiger partial charge is 0.360 e. The van der Waals surface area contributed by atoms with Crippen LogP contribution in [0.15, 0.2) is 30.6 Å². The molecule has 0 aliphatic carbocycles. The fourth-order valence-corrected chi connectivity index (χ4v) is 3.06. The van der Waals surface area contributed by atoms with Crippen molar-refractivity contribution in [3.8, 4) is 11.4 Å². The third-order valence-electron chi connectivity index (χ3n) is 4.35. The summed E-state index contributed by atoms with van der Waals surface area (Å²) in [6.07, 6.45) is -2.02. The molecule has 3 rings (SSSR count). The molecule has 1 N–H and O–H groups in total. The van der Waals surface area contributed by atoms with Gasteiger partial charge in [-0.25, -0.2) is 9.97 Å². The molecule has 1 aromatic carbocycles. The molecule has 0 radical (unpaired) electrons. The van der Waals surface area contributed by atoms with Crippen LogP contribution in [0.25, 0.3) is 11.4 Å². The fraction of sp³-hybridized carbons (Fsp3) is 0.278. The average Bonchev–Trinajstić information content (AvgIpc) is 3.08. The van der Waals surface area contributed by atoms with Crippen LogP contribution in [0.1, 0.15) is 23.7 Å². The third kappa shape index (κ3) is 4.51. The minimum Gasteiger partial charge on any atom is -0.360 e. The number of imidazole rings is 1. The van der Waals surface area contributed by atoms with Gasteiger partial charge in [0.25, 0.3) is 0 Å². The van der Waals surface area contributed by atoms with Gasteiger partial charge >= 0.3 is 11.9 Å². The molecule has 0 aliphatic rings. The van der Waals surface area contributed by atoms with Crippen LogP contribution in [0.2, 0.25) is 5.28 Å². The van der Waals surface area contributed by atoms with Crippen LogP contribution in [0.5, 0.6) is 0 Å². The summed E-state index contributed by atoms with van der Waals surface area (Å²) in [6.45, 7) is 2.06. The maximum atomic E-state index is 13.0. The van der Waals surface area contributed by atoms with Gasteiger partial charge in [0.05, 0.1) is 4.92 Å². The van der Waals surface area contributed by atoms with Gasteiger partial charge in [0.2, 0.25) is 11.1 Å². The molecule has 0 spiro atoms. The van der Waals surface area contributed by atoms with Crippen molar-refractivity contribution in [3.05, 3.63) is 62.8 Å². The van der Waals surface area contributed by atoms with Gasteiger partial charge in [-0.2, -0.15) is 18.2 Å². The number of aryl methyl sites for hydroxylation is 2. The van der Waals surface area contributed by atoms with Crippen molar-refractivity contribution in [1.82, 2.24) is 19.5 Å². The van der Waals surface area contributed by atoms with Crippen LogP contribution in [0.4, 0.5) is 24.7 Å². The van der Waals surface area contributed by atoms with E-state index in [9.17, 15) is 23.3 Å². The fourth-order valence-electron chi connectivity index (χ4n) is 2.92. The number of nitrogens with one attached hydrogen (secondary N) is 1. The zero-order chi connectivity index (χ0) is 22.1. The van der Waals surface area contributed by atoms with Gasteiger partial charge in [-0.3, -0.25) is 10.1 Å². The van der Waals surface area contributed by atoms with Crippen LogP contribution in [-0.2, 0) is 26.2 Å². The molecule has 0 aliphatic heterocycles. The number of benzene rings is 1. The van der Waals surface area contributed by atoms with E-state index in [0.717, 1.165) is 23.5 Å². The minimum atomic E-state index is -4.53. The number of aromatic nitrogens is 4. The van der Waals surface area contributed by atoms with Gasteiger partial charge in [-0.05, 0) is 29.1 Å². The van der Waals surface area contributed by atoms with E-state index in [0.29, 0.717) is 12.0 Å². The predicted molar refractivity (Wildman–Crippen MR) is 104 cm³/mol. The minimum absolute atomic E-state index is 0.0268. The molecular weight excluding hydrogens is 425 g/mol.